The molecule has 0 radical (unpaired) electrons. The van der Waals surface area contributed by atoms with E-state index in [0.717, 1.165) is 16.7 Å². The molecule has 94 valence electrons. The van der Waals surface area contributed by atoms with Crippen molar-refractivity contribution in [3.8, 4) is 28.6 Å². The van der Waals surface area contributed by atoms with Crippen molar-refractivity contribution in [3.05, 3.63) is 48.3 Å². The third-order valence-electron chi connectivity index (χ3n) is 2.80. The van der Waals surface area contributed by atoms with Gasteiger partial charge in [-0.05, 0) is 42.8 Å². The van der Waals surface area contributed by atoms with Crippen molar-refractivity contribution >= 4 is 0 Å². The number of benzene rings is 1. The zero-order chi connectivity index (χ0) is 13.2. The molecule has 0 saturated carbocycles. The standard InChI is InChI=1S/C14H11N3O2/c1-9-8-11(18)2-3-12(9)14-16-13(17-19-14)10-4-6-15-7-5-10/h2-8,18H,1H3. The lowest BCUT2D eigenvalue weighted by atomic mass is 10.1. The van der Waals surface area contributed by atoms with Gasteiger partial charge in [0, 0.05) is 23.5 Å². The highest BCUT2D eigenvalue weighted by Gasteiger charge is 2.12. The van der Waals surface area contributed by atoms with E-state index in [0.29, 0.717) is 11.7 Å². The van der Waals surface area contributed by atoms with Gasteiger partial charge in [0.15, 0.2) is 0 Å². The summed E-state index contributed by atoms with van der Waals surface area (Å²) in [4.78, 5) is 8.30. The van der Waals surface area contributed by atoms with E-state index < -0.39 is 0 Å². The number of phenols is 1. The lowest BCUT2D eigenvalue weighted by Crippen LogP contribution is -1.84. The summed E-state index contributed by atoms with van der Waals surface area (Å²) in [5, 5.41) is 13.3. The van der Waals surface area contributed by atoms with Crippen molar-refractivity contribution in [2.24, 2.45) is 0 Å². The number of pyridine rings is 1. The Morgan fingerprint density at radius 2 is 1.89 bits per heavy atom. The summed E-state index contributed by atoms with van der Waals surface area (Å²) in [6, 6.07) is 8.65. The molecule has 0 aliphatic heterocycles. The molecule has 19 heavy (non-hydrogen) atoms. The third kappa shape index (κ3) is 2.18. The topological polar surface area (TPSA) is 72.0 Å². The summed E-state index contributed by atoms with van der Waals surface area (Å²) >= 11 is 0. The van der Waals surface area contributed by atoms with Gasteiger partial charge in [0.25, 0.3) is 5.89 Å². The van der Waals surface area contributed by atoms with Crippen LogP contribution in [0.2, 0.25) is 0 Å². The van der Waals surface area contributed by atoms with Crippen LogP contribution in [0.1, 0.15) is 5.56 Å². The zero-order valence-electron chi connectivity index (χ0n) is 10.2. The molecule has 3 rings (SSSR count). The first-order chi connectivity index (χ1) is 9.24. The van der Waals surface area contributed by atoms with Gasteiger partial charge in [-0.25, -0.2) is 0 Å². The molecule has 0 saturated heterocycles. The van der Waals surface area contributed by atoms with Gasteiger partial charge in [-0.3, -0.25) is 4.98 Å². The van der Waals surface area contributed by atoms with Gasteiger partial charge in [-0.1, -0.05) is 5.16 Å². The highest BCUT2D eigenvalue weighted by atomic mass is 16.5. The van der Waals surface area contributed by atoms with Crippen LogP contribution in [-0.2, 0) is 0 Å². The Morgan fingerprint density at radius 1 is 1.11 bits per heavy atom. The van der Waals surface area contributed by atoms with E-state index in [4.69, 9.17) is 4.52 Å². The van der Waals surface area contributed by atoms with Gasteiger partial charge in [0.1, 0.15) is 5.75 Å². The Morgan fingerprint density at radius 3 is 2.63 bits per heavy atom. The molecule has 2 aromatic heterocycles. The first kappa shape index (κ1) is 11.4. The van der Waals surface area contributed by atoms with Gasteiger partial charge in [0.05, 0.1) is 0 Å². The normalized spacial score (nSPS) is 10.6. The monoisotopic (exact) mass is 253 g/mol. The minimum atomic E-state index is 0.218. The number of hydrogen-bond acceptors (Lipinski definition) is 5. The molecule has 0 aliphatic rings. The predicted octanol–water partition coefficient (Wildman–Crippen LogP) is 2.81. The van der Waals surface area contributed by atoms with E-state index in [-0.39, 0.29) is 5.75 Å². The molecule has 0 aliphatic carbocycles. The van der Waals surface area contributed by atoms with Gasteiger partial charge < -0.3 is 9.63 Å². The first-order valence-electron chi connectivity index (χ1n) is 5.78. The van der Waals surface area contributed by atoms with Crippen molar-refractivity contribution in [2.45, 2.75) is 6.92 Å². The van der Waals surface area contributed by atoms with E-state index in [9.17, 15) is 5.11 Å². The molecular formula is C14H11N3O2. The Labute approximate surface area is 109 Å². The molecule has 1 N–H and O–H groups in total. The van der Waals surface area contributed by atoms with Crippen LogP contribution in [0.5, 0.6) is 5.75 Å². The number of hydrogen-bond donors (Lipinski definition) is 1. The second-order valence-electron chi connectivity index (χ2n) is 4.16. The van der Waals surface area contributed by atoms with Crippen molar-refractivity contribution in [3.63, 3.8) is 0 Å². The van der Waals surface area contributed by atoms with E-state index in [1.54, 1.807) is 30.6 Å². The minimum absolute atomic E-state index is 0.218. The van der Waals surface area contributed by atoms with Crippen molar-refractivity contribution in [1.82, 2.24) is 15.1 Å². The maximum absolute atomic E-state index is 9.39. The molecule has 5 heteroatoms. The van der Waals surface area contributed by atoms with Crippen LogP contribution < -0.4 is 0 Å². The molecule has 0 bridgehead atoms. The minimum Gasteiger partial charge on any atom is -0.508 e. The maximum Gasteiger partial charge on any atom is 0.258 e. The smallest absolute Gasteiger partial charge is 0.258 e. The fourth-order valence-electron chi connectivity index (χ4n) is 1.84. The second-order valence-corrected chi connectivity index (χ2v) is 4.16. The SMILES string of the molecule is Cc1cc(O)ccc1-c1nc(-c2ccncc2)no1. The summed E-state index contributed by atoms with van der Waals surface area (Å²) in [5.74, 6) is 1.17. The third-order valence-corrected chi connectivity index (χ3v) is 2.80. The zero-order valence-corrected chi connectivity index (χ0v) is 10.2. The summed E-state index contributed by atoms with van der Waals surface area (Å²) in [6.45, 7) is 1.88. The number of nitrogens with zero attached hydrogens (tertiary/aromatic N) is 3. The van der Waals surface area contributed by atoms with Crippen LogP contribution in [0.15, 0.2) is 47.2 Å². The number of aromatic hydroxyl groups is 1. The lowest BCUT2D eigenvalue weighted by molar-refractivity contribution is 0.432. The summed E-state index contributed by atoms with van der Waals surface area (Å²) in [5.41, 5.74) is 2.54. The molecule has 0 unspecified atom stereocenters. The molecule has 0 atom stereocenters. The van der Waals surface area contributed by atoms with Gasteiger partial charge in [0.2, 0.25) is 5.82 Å². The fraction of sp³-hybridized carbons (Fsp3) is 0.0714. The fourth-order valence-corrected chi connectivity index (χ4v) is 1.84. The van der Waals surface area contributed by atoms with Crippen LogP contribution >= 0.6 is 0 Å². The van der Waals surface area contributed by atoms with Crippen LogP contribution in [0.25, 0.3) is 22.8 Å². The maximum atomic E-state index is 9.39. The molecule has 0 fully saturated rings. The molecule has 3 aromatic rings. The van der Waals surface area contributed by atoms with E-state index in [1.807, 2.05) is 19.1 Å². The van der Waals surface area contributed by atoms with Crippen LogP contribution in [-0.4, -0.2) is 20.2 Å². The Hall–Kier alpha value is -2.69. The number of aryl methyl sites for hydroxylation is 1. The quantitative estimate of drug-likeness (QED) is 0.760. The average Bonchev–Trinajstić information content (AvgIpc) is 2.89. The molecule has 1 aromatic carbocycles. The van der Waals surface area contributed by atoms with E-state index in [1.165, 1.54) is 0 Å². The Balaban J connectivity index is 2.02. The lowest BCUT2D eigenvalue weighted by Gasteiger charge is -2.00. The van der Waals surface area contributed by atoms with Gasteiger partial charge >= 0.3 is 0 Å². The van der Waals surface area contributed by atoms with Gasteiger partial charge in [-0.15, -0.1) is 0 Å². The number of rotatable bonds is 2. The summed E-state index contributed by atoms with van der Waals surface area (Å²) in [7, 11) is 0. The molecule has 0 spiro atoms. The molecule has 5 nitrogen and oxygen atoms in total. The van der Waals surface area contributed by atoms with Crippen molar-refractivity contribution in [1.29, 1.82) is 0 Å². The van der Waals surface area contributed by atoms with Crippen molar-refractivity contribution < 1.29 is 9.63 Å². The molecular weight excluding hydrogens is 242 g/mol. The number of aromatic nitrogens is 3. The Kier molecular flexibility index (Phi) is 2.72. The van der Waals surface area contributed by atoms with Crippen LogP contribution in [0, 0.1) is 6.92 Å². The average molecular weight is 253 g/mol. The summed E-state index contributed by atoms with van der Waals surface area (Å²) in [6.07, 6.45) is 3.36. The Bertz CT molecular complexity index is 708. The highest BCUT2D eigenvalue weighted by molar-refractivity contribution is 5.63. The van der Waals surface area contributed by atoms with Crippen LogP contribution in [0.3, 0.4) is 0 Å². The molecule has 0 amide bonds. The largest absolute Gasteiger partial charge is 0.508 e. The predicted molar refractivity (Wildman–Crippen MR) is 69.4 cm³/mol. The van der Waals surface area contributed by atoms with E-state index >= 15 is 0 Å². The molecule has 2 heterocycles. The highest BCUT2D eigenvalue weighted by Crippen LogP contribution is 2.26. The second kappa shape index (κ2) is 4.53. The van der Waals surface area contributed by atoms with Crippen LogP contribution in [0.4, 0.5) is 0 Å². The van der Waals surface area contributed by atoms with Gasteiger partial charge in [-0.2, -0.15) is 4.98 Å². The van der Waals surface area contributed by atoms with Crippen molar-refractivity contribution in [2.75, 3.05) is 0 Å². The first-order valence-corrected chi connectivity index (χ1v) is 5.78. The summed E-state index contributed by atoms with van der Waals surface area (Å²) < 4.78 is 5.26. The van der Waals surface area contributed by atoms with E-state index in [2.05, 4.69) is 15.1 Å². The number of phenolic OH excluding ortho intramolecular Hbond substituents is 1.